The number of halogens is 2. The molecule has 0 fully saturated rings. The summed E-state index contributed by atoms with van der Waals surface area (Å²) in [5, 5.41) is 3.56. The Bertz CT molecular complexity index is 317. The van der Waals surface area contributed by atoms with Crippen molar-refractivity contribution in [2.45, 2.75) is 6.92 Å². The predicted molar refractivity (Wildman–Crippen MR) is 52.9 cm³/mol. The Morgan fingerprint density at radius 2 is 2.17 bits per heavy atom. The van der Waals surface area contributed by atoms with Crippen molar-refractivity contribution in [2.75, 3.05) is 5.32 Å². The standard InChI is InChI=1S/C8H7Cl2NO.H2/c1-5(12)11-8-3-2-6(9)4-7(8)10;/h2-4H,1H3,(H,11,12);1H. The van der Waals surface area contributed by atoms with E-state index in [1.54, 1.807) is 18.2 Å². The number of hydrogen-bond acceptors (Lipinski definition) is 1. The number of carbonyl (C=O) groups is 1. The summed E-state index contributed by atoms with van der Waals surface area (Å²) in [6.45, 7) is 1.42. The molecule has 0 unspecified atom stereocenters. The third-order valence-electron chi connectivity index (χ3n) is 1.24. The molecule has 2 nitrogen and oxygen atoms in total. The molecule has 0 atom stereocenters. The third-order valence-corrected chi connectivity index (χ3v) is 1.79. The zero-order valence-electron chi connectivity index (χ0n) is 6.40. The first-order chi connectivity index (χ1) is 5.59. The Labute approximate surface area is 82.0 Å². The molecule has 1 aromatic carbocycles. The largest absolute Gasteiger partial charge is 0.325 e. The molecule has 0 spiro atoms. The summed E-state index contributed by atoms with van der Waals surface area (Å²) < 4.78 is 0. The fourth-order valence-electron chi connectivity index (χ4n) is 0.780. The van der Waals surface area contributed by atoms with E-state index in [2.05, 4.69) is 5.32 Å². The summed E-state index contributed by atoms with van der Waals surface area (Å²) in [6.07, 6.45) is 0. The topological polar surface area (TPSA) is 29.1 Å². The van der Waals surface area contributed by atoms with Crippen molar-refractivity contribution in [2.24, 2.45) is 0 Å². The van der Waals surface area contributed by atoms with Crippen LogP contribution in [0.15, 0.2) is 18.2 Å². The smallest absolute Gasteiger partial charge is 0.221 e. The summed E-state index contributed by atoms with van der Waals surface area (Å²) in [5.41, 5.74) is 0.577. The summed E-state index contributed by atoms with van der Waals surface area (Å²) in [4.78, 5) is 10.6. The molecule has 0 saturated heterocycles. The summed E-state index contributed by atoms with van der Waals surface area (Å²) in [6, 6.07) is 4.90. The minimum Gasteiger partial charge on any atom is -0.325 e. The van der Waals surface area contributed by atoms with E-state index in [-0.39, 0.29) is 7.33 Å². The first-order valence-electron chi connectivity index (χ1n) is 3.32. The molecule has 4 heteroatoms. The van der Waals surface area contributed by atoms with Gasteiger partial charge in [0.1, 0.15) is 0 Å². The van der Waals surface area contributed by atoms with E-state index < -0.39 is 0 Å². The highest BCUT2D eigenvalue weighted by atomic mass is 35.5. The lowest BCUT2D eigenvalue weighted by Gasteiger charge is -2.03. The van der Waals surface area contributed by atoms with E-state index in [1.807, 2.05) is 0 Å². The highest BCUT2D eigenvalue weighted by Gasteiger charge is 2.01. The molecule has 0 saturated carbocycles. The van der Waals surface area contributed by atoms with Crippen molar-refractivity contribution in [3.05, 3.63) is 28.2 Å². The zero-order valence-corrected chi connectivity index (χ0v) is 7.91. The maximum Gasteiger partial charge on any atom is 0.221 e. The fourth-order valence-corrected chi connectivity index (χ4v) is 1.24. The minimum atomic E-state index is -0.153. The van der Waals surface area contributed by atoms with Crippen LogP contribution in [0.3, 0.4) is 0 Å². The molecule has 0 aliphatic rings. The lowest BCUT2D eigenvalue weighted by molar-refractivity contribution is -0.114. The number of benzene rings is 1. The second kappa shape index (κ2) is 3.78. The highest BCUT2D eigenvalue weighted by molar-refractivity contribution is 6.36. The number of anilines is 1. The van der Waals surface area contributed by atoms with Crippen LogP contribution in [-0.4, -0.2) is 5.91 Å². The van der Waals surface area contributed by atoms with Crippen molar-refractivity contribution in [3.8, 4) is 0 Å². The lowest BCUT2D eigenvalue weighted by atomic mass is 10.3. The average Bonchev–Trinajstić information content (AvgIpc) is 1.94. The van der Waals surface area contributed by atoms with Gasteiger partial charge in [-0.2, -0.15) is 0 Å². The van der Waals surface area contributed by atoms with Gasteiger partial charge in [-0.25, -0.2) is 0 Å². The molecule has 1 amide bonds. The summed E-state index contributed by atoms with van der Waals surface area (Å²) >= 11 is 11.4. The molecule has 0 heterocycles. The molecular weight excluding hydrogens is 197 g/mol. The van der Waals surface area contributed by atoms with Crippen LogP contribution in [0.25, 0.3) is 0 Å². The molecule has 1 aromatic rings. The molecule has 1 N–H and O–H groups in total. The van der Waals surface area contributed by atoms with Crippen LogP contribution in [-0.2, 0) is 4.79 Å². The van der Waals surface area contributed by atoms with E-state index in [0.29, 0.717) is 15.7 Å². The van der Waals surface area contributed by atoms with Gasteiger partial charge in [-0.05, 0) is 18.2 Å². The number of amides is 1. The van der Waals surface area contributed by atoms with E-state index in [4.69, 9.17) is 23.2 Å². The number of nitrogens with one attached hydrogen (secondary N) is 1. The predicted octanol–water partition coefficient (Wildman–Crippen LogP) is 3.20. The van der Waals surface area contributed by atoms with Gasteiger partial charge in [0.15, 0.2) is 0 Å². The Morgan fingerprint density at radius 3 is 2.67 bits per heavy atom. The van der Waals surface area contributed by atoms with Crippen molar-refractivity contribution >= 4 is 34.8 Å². The van der Waals surface area contributed by atoms with Crippen molar-refractivity contribution in [1.29, 1.82) is 0 Å². The van der Waals surface area contributed by atoms with Crippen LogP contribution < -0.4 is 5.32 Å². The second-order valence-corrected chi connectivity index (χ2v) is 3.15. The Morgan fingerprint density at radius 1 is 1.50 bits per heavy atom. The maximum absolute atomic E-state index is 10.6. The Kier molecular flexibility index (Phi) is 2.95. The van der Waals surface area contributed by atoms with Crippen molar-refractivity contribution in [1.82, 2.24) is 0 Å². The van der Waals surface area contributed by atoms with Crippen molar-refractivity contribution in [3.63, 3.8) is 0 Å². The SMILES string of the molecule is CC(=O)Nc1ccc(Cl)cc1Cl.[HH]. The summed E-state index contributed by atoms with van der Waals surface area (Å²) in [5.74, 6) is -0.153. The van der Waals surface area contributed by atoms with Gasteiger partial charge in [-0.3, -0.25) is 4.79 Å². The number of hydrogen-bond donors (Lipinski definition) is 1. The molecule has 1 rings (SSSR count). The van der Waals surface area contributed by atoms with Gasteiger partial charge in [0.25, 0.3) is 0 Å². The molecule has 0 aliphatic heterocycles. The zero-order chi connectivity index (χ0) is 9.14. The molecule has 0 radical (unpaired) electrons. The Hall–Kier alpha value is -0.730. The lowest BCUT2D eigenvalue weighted by Crippen LogP contribution is -2.05. The van der Waals surface area contributed by atoms with Gasteiger partial charge in [0, 0.05) is 13.4 Å². The molecule has 12 heavy (non-hydrogen) atoms. The molecule has 0 aliphatic carbocycles. The van der Waals surface area contributed by atoms with Crippen LogP contribution in [0.2, 0.25) is 10.0 Å². The van der Waals surface area contributed by atoms with Gasteiger partial charge in [0.2, 0.25) is 5.91 Å². The highest BCUT2D eigenvalue weighted by Crippen LogP contribution is 2.24. The second-order valence-electron chi connectivity index (χ2n) is 2.31. The van der Waals surface area contributed by atoms with E-state index in [0.717, 1.165) is 0 Å². The maximum atomic E-state index is 10.6. The van der Waals surface area contributed by atoms with Gasteiger partial charge >= 0.3 is 0 Å². The monoisotopic (exact) mass is 205 g/mol. The molecule has 0 bridgehead atoms. The Balaban J connectivity index is 0.00000144. The first kappa shape index (κ1) is 9.36. The van der Waals surface area contributed by atoms with Crippen LogP contribution in [0.5, 0.6) is 0 Å². The minimum absolute atomic E-state index is 0. The van der Waals surface area contributed by atoms with Gasteiger partial charge < -0.3 is 5.32 Å². The van der Waals surface area contributed by atoms with E-state index in [1.165, 1.54) is 6.92 Å². The average molecular weight is 206 g/mol. The van der Waals surface area contributed by atoms with Crippen LogP contribution in [0.1, 0.15) is 8.35 Å². The summed E-state index contributed by atoms with van der Waals surface area (Å²) in [7, 11) is 0. The third kappa shape index (κ3) is 2.40. The van der Waals surface area contributed by atoms with Crippen LogP contribution >= 0.6 is 23.2 Å². The quantitative estimate of drug-likeness (QED) is 0.750. The van der Waals surface area contributed by atoms with Gasteiger partial charge in [0.05, 0.1) is 10.7 Å². The van der Waals surface area contributed by atoms with E-state index in [9.17, 15) is 4.79 Å². The molecular formula is C8H9Cl2NO. The number of rotatable bonds is 1. The van der Waals surface area contributed by atoms with Crippen LogP contribution in [0, 0.1) is 0 Å². The first-order valence-corrected chi connectivity index (χ1v) is 4.08. The van der Waals surface area contributed by atoms with Gasteiger partial charge in [-0.15, -0.1) is 0 Å². The van der Waals surface area contributed by atoms with E-state index >= 15 is 0 Å². The van der Waals surface area contributed by atoms with Crippen molar-refractivity contribution < 1.29 is 6.22 Å². The molecule has 66 valence electrons. The normalized spacial score (nSPS) is 9.58. The molecule has 0 aromatic heterocycles. The van der Waals surface area contributed by atoms with Crippen LogP contribution in [0.4, 0.5) is 5.69 Å². The number of carbonyl (C=O) groups excluding carboxylic acids is 1. The fraction of sp³-hybridized carbons (Fsp3) is 0.125. The van der Waals surface area contributed by atoms with Gasteiger partial charge in [-0.1, -0.05) is 23.2 Å².